The van der Waals surface area contributed by atoms with Crippen LogP contribution in [0.25, 0.3) is 98.4 Å². The molecule has 0 nitrogen and oxygen atoms in total. The minimum Gasteiger partial charge on any atom is -0.0619 e. The van der Waals surface area contributed by atoms with Crippen molar-refractivity contribution in [2.45, 2.75) is 5.41 Å². The third-order valence-corrected chi connectivity index (χ3v) is 13.2. The minimum atomic E-state index is -0.495. The Kier molecular flexibility index (Phi) is 6.19. The molecule has 0 bridgehead atoms. The molecule has 0 radical (unpaired) electrons. The van der Waals surface area contributed by atoms with Crippen molar-refractivity contribution in [1.82, 2.24) is 0 Å². The molecule has 0 heteroatoms. The van der Waals surface area contributed by atoms with E-state index in [9.17, 15) is 0 Å². The zero-order valence-electron chi connectivity index (χ0n) is 31.1. The molecule has 2 aliphatic carbocycles. The van der Waals surface area contributed by atoms with E-state index in [1.807, 2.05) is 0 Å². The molecule has 11 aromatic rings. The summed E-state index contributed by atoms with van der Waals surface area (Å²) in [7, 11) is 0. The van der Waals surface area contributed by atoms with Crippen molar-refractivity contribution in [3.8, 4) is 44.5 Å². The van der Waals surface area contributed by atoms with E-state index in [-0.39, 0.29) is 0 Å². The van der Waals surface area contributed by atoms with E-state index >= 15 is 0 Å². The fourth-order valence-electron chi connectivity index (χ4n) is 11.1. The number of benzene rings is 11. The van der Waals surface area contributed by atoms with Gasteiger partial charge in [-0.05, 0) is 139 Å². The zero-order valence-corrected chi connectivity index (χ0v) is 31.1. The van der Waals surface area contributed by atoms with Gasteiger partial charge in [0.1, 0.15) is 0 Å². The van der Waals surface area contributed by atoms with Crippen molar-refractivity contribution in [2.24, 2.45) is 0 Å². The van der Waals surface area contributed by atoms with Crippen LogP contribution in [0.4, 0.5) is 0 Å². The largest absolute Gasteiger partial charge is 0.0737 e. The molecule has 2 aliphatic rings. The van der Waals surface area contributed by atoms with Gasteiger partial charge < -0.3 is 0 Å². The summed E-state index contributed by atoms with van der Waals surface area (Å²) in [5.41, 5.74) is 15.4. The smallest absolute Gasteiger partial charge is 0.0619 e. The Balaban J connectivity index is 1.18. The molecule has 0 amide bonds. The monoisotopic (exact) mass is 718 g/mol. The molecule has 0 saturated carbocycles. The summed E-state index contributed by atoms with van der Waals surface area (Å²) in [6.45, 7) is 0. The first-order valence-corrected chi connectivity index (χ1v) is 20.0. The average Bonchev–Trinajstić information content (AvgIpc) is 3.76. The standard InChI is InChI=1S/C57H34/c1-2-19-38-37(16-1)33-49(42-23-4-3-20-39(38)42)35-17-15-18-36(32-35)50-34-51-54-46-27-8-5-21-40(46)41-22-6-10-29-48(41)56(54)57(55(51)47-28-9-7-24-43(47)50)52-30-13-11-25-44(52)45-26-12-14-31-53(45)57/h1-34H. The molecule has 0 N–H and O–H groups in total. The van der Waals surface area contributed by atoms with Crippen molar-refractivity contribution in [2.75, 3.05) is 0 Å². The number of fused-ring (bicyclic) bond motifs is 20. The van der Waals surface area contributed by atoms with Crippen LogP contribution in [0.3, 0.4) is 0 Å². The van der Waals surface area contributed by atoms with Gasteiger partial charge in [0.25, 0.3) is 0 Å². The molecule has 0 atom stereocenters. The van der Waals surface area contributed by atoms with E-state index < -0.39 is 5.41 Å². The lowest BCUT2D eigenvalue weighted by atomic mass is 9.68. The van der Waals surface area contributed by atoms with E-state index in [1.54, 1.807) is 0 Å². The van der Waals surface area contributed by atoms with Crippen molar-refractivity contribution in [3.05, 3.63) is 229 Å². The Hall–Kier alpha value is -7.28. The van der Waals surface area contributed by atoms with E-state index in [4.69, 9.17) is 0 Å². The van der Waals surface area contributed by atoms with Crippen molar-refractivity contribution in [1.29, 1.82) is 0 Å². The molecular formula is C57H34. The predicted octanol–water partition coefficient (Wildman–Crippen LogP) is 15.1. The second kappa shape index (κ2) is 11.4. The van der Waals surface area contributed by atoms with Gasteiger partial charge in [0.05, 0.1) is 5.41 Å². The second-order valence-corrected chi connectivity index (χ2v) is 15.8. The van der Waals surface area contributed by atoms with E-state index in [2.05, 4.69) is 206 Å². The van der Waals surface area contributed by atoms with Crippen LogP contribution in [-0.4, -0.2) is 0 Å². The zero-order chi connectivity index (χ0) is 37.2. The van der Waals surface area contributed by atoms with Crippen LogP contribution in [0, 0.1) is 0 Å². The van der Waals surface area contributed by atoms with E-state index in [0.29, 0.717) is 0 Å². The highest BCUT2D eigenvalue weighted by atomic mass is 14.5. The fourth-order valence-corrected chi connectivity index (χ4v) is 11.1. The lowest BCUT2D eigenvalue weighted by Gasteiger charge is -2.33. The Morgan fingerprint density at radius 2 is 0.684 bits per heavy atom. The van der Waals surface area contributed by atoms with Gasteiger partial charge in [-0.25, -0.2) is 0 Å². The predicted molar refractivity (Wildman–Crippen MR) is 241 cm³/mol. The van der Waals surface area contributed by atoms with Gasteiger partial charge in [0.2, 0.25) is 0 Å². The third-order valence-electron chi connectivity index (χ3n) is 13.2. The van der Waals surface area contributed by atoms with Crippen molar-refractivity contribution in [3.63, 3.8) is 0 Å². The maximum absolute atomic E-state index is 2.55. The molecule has 262 valence electrons. The quantitative estimate of drug-likeness (QED) is 0.156. The molecule has 1 spiro atoms. The molecular weight excluding hydrogens is 685 g/mol. The van der Waals surface area contributed by atoms with Gasteiger partial charge in [-0.1, -0.05) is 188 Å². The number of rotatable bonds is 2. The third kappa shape index (κ3) is 3.97. The maximum Gasteiger partial charge on any atom is 0.0737 e. The summed E-state index contributed by atoms with van der Waals surface area (Å²) in [6.07, 6.45) is 0. The Labute approximate surface area is 330 Å². The van der Waals surface area contributed by atoms with Crippen LogP contribution in [0.15, 0.2) is 206 Å². The molecule has 0 fully saturated rings. The van der Waals surface area contributed by atoms with Crippen LogP contribution in [0.2, 0.25) is 0 Å². The topological polar surface area (TPSA) is 0 Å². The van der Waals surface area contributed by atoms with Crippen molar-refractivity contribution < 1.29 is 0 Å². The highest BCUT2D eigenvalue weighted by Gasteiger charge is 2.54. The lowest BCUT2D eigenvalue weighted by molar-refractivity contribution is 0.809. The molecule has 0 aliphatic heterocycles. The molecule has 11 aromatic carbocycles. The van der Waals surface area contributed by atoms with Crippen LogP contribution >= 0.6 is 0 Å². The summed E-state index contributed by atoms with van der Waals surface area (Å²) in [4.78, 5) is 0. The van der Waals surface area contributed by atoms with Gasteiger partial charge in [0.15, 0.2) is 0 Å². The summed E-state index contributed by atoms with van der Waals surface area (Å²) < 4.78 is 0. The Morgan fingerprint density at radius 1 is 0.246 bits per heavy atom. The molecule has 0 unspecified atom stereocenters. The van der Waals surface area contributed by atoms with Gasteiger partial charge in [0, 0.05) is 0 Å². The van der Waals surface area contributed by atoms with Crippen LogP contribution < -0.4 is 0 Å². The van der Waals surface area contributed by atoms with Gasteiger partial charge in [-0.3, -0.25) is 0 Å². The maximum atomic E-state index is 2.55. The summed E-state index contributed by atoms with van der Waals surface area (Å²) in [6, 6.07) is 77.6. The first kappa shape index (κ1) is 31.0. The fraction of sp³-hybridized carbons (Fsp3) is 0.0175. The SMILES string of the molecule is c1cc(-c2cc3c(c4ccccc24)C2(c4ccccc4-c4ccccc42)c2c-3c3ccccc3c3ccccc23)cc(-c2cc3ccccc3c3ccccc23)c1. The Bertz CT molecular complexity index is 3480. The molecule has 57 heavy (non-hydrogen) atoms. The molecule has 0 saturated heterocycles. The second-order valence-electron chi connectivity index (χ2n) is 15.8. The first-order valence-electron chi connectivity index (χ1n) is 20.0. The molecule has 13 rings (SSSR count). The average molecular weight is 719 g/mol. The van der Waals surface area contributed by atoms with Gasteiger partial charge in [-0.15, -0.1) is 0 Å². The van der Waals surface area contributed by atoms with Gasteiger partial charge >= 0.3 is 0 Å². The highest BCUT2D eigenvalue weighted by molar-refractivity contribution is 6.22. The van der Waals surface area contributed by atoms with Crippen molar-refractivity contribution >= 4 is 53.9 Å². The Morgan fingerprint density at radius 3 is 1.33 bits per heavy atom. The van der Waals surface area contributed by atoms with Crippen LogP contribution in [0.1, 0.15) is 22.3 Å². The lowest BCUT2D eigenvalue weighted by Crippen LogP contribution is -2.26. The molecule has 0 aromatic heterocycles. The minimum absolute atomic E-state index is 0.495. The number of hydrogen-bond acceptors (Lipinski definition) is 0. The van der Waals surface area contributed by atoms with Crippen LogP contribution in [-0.2, 0) is 5.41 Å². The molecule has 0 heterocycles. The first-order chi connectivity index (χ1) is 28.3. The summed E-state index contributed by atoms with van der Waals surface area (Å²) in [5, 5.41) is 12.9. The van der Waals surface area contributed by atoms with E-state index in [0.717, 1.165) is 0 Å². The normalized spacial score (nSPS) is 13.4. The van der Waals surface area contributed by atoms with Gasteiger partial charge in [-0.2, -0.15) is 0 Å². The highest BCUT2D eigenvalue weighted by Crippen LogP contribution is 2.67. The summed E-state index contributed by atoms with van der Waals surface area (Å²) in [5.74, 6) is 0. The number of hydrogen-bond donors (Lipinski definition) is 0. The van der Waals surface area contributed by atoms with E-state index in [1.165, 1.54) is 121 Å². The van der Waals surface area contributed by atoms with Crippen LogP contribution in [0.5, 0.6) is 0 Å². The summed E-state index contributed by atoms with van der Waals surface area (Å²) >= 11 is 0.